The van der Waals surface area contributed by atoms with Crippen LogP contribution >= 0.6 is 0 Å². The number of nitrogens with one attached hydrogen (secondary N) is 3. The first-order valence-electron chi connectivity index (χ1n) is 13.0. The first kappa shape index (κ1) is 29.3. The van der Waals surface area contributed by atoms with E-state index < -0.39 is 16.1 Å². The average Bonchev–Trinajstić information content (AvgIpc) is 2.93. The number of amides is 1. The highest BCUT2D eigenvalue weighted by Gasteiger charge is 2.22. The maximum atomic E-state index is 13.2. The summed E-state index contributed by atoms with van der Waals surface area (Å²) in [6.45, 7) is 4.73. The van der Waals surface area contributed by atoms with Gasteiger partial charge >= 0.3 is 16.1 Å². The molecule has 0 saturated carbocycles. The van der Waals surface area contributed by atoms with Crippen molar-refractivity contribution in [2.24, 2.45) is 11.7 Å². The molecule has 212 valence electrons. The summed E-state index contributed by atoms with van der Waals surface area (Å²) in [4.78, 5) is 26.0. The summed E-state index contributed by atoms with van der Waals surface area (Å²) < 4.78 is 28.5. The van der Waals surface area contributed by atoms with Gasteiger partial charge in [-0.1, -0.05) is 44.2 Å². The monoisotopic (exact) mass is 572 g/mol. The summed E-state index contributed by atoms with van der Waals surface area (Å²) >= 11 is 0. The fourth-order valence-electron chi connectivity index (χ4n) is 4.32. The van der Waals surface area contributed by atoms with E-state index in [1.807, 2.05) is 62.4 Å². The van der Waals surface area contributed by atoms with Crippen molar-refractivity contribution in [3.05, 3.63) is 101 Å². The molecule has 0 aliphatic rings. The van der Waals surface area contributed by atoms with E-state index in [0.717, 1.165) is 28.3 Å². The van der Waals surface area contributed by atoms with Gasteiger partial charge < -0.3 is 20.6 Å². The van der Waals surface area contributed by atoms with Crippen LogP contribution in [-0.4, -0.2) is 38.9 Å². The van der Waals surface area contributed by atoms with Crippen molar-refractivity contribution in [2.75, 3.05) is 18.1 Å². The average molecular weight is 573 g/mol. The first-order valence-corrected chi connectivity index (χ1v) is 14.8. The molecule has 0 bridgehead atoms. The fraction of sp³-hybridized carbons (Fsp3) is 0.194. The fourth-order valence-corrected chi connectivity index (χ4v) is 4.68. The van der Waals surface area contributed by atoms with E-state index in [9.17, 15) is 18.0 Å². The standard InChI is InChI=1S/C31H32N4O5S/c1-19(2)17-35-30(36)23-10-13-26(28(16-23)31(37)40-41(3,38)39)27-15-22-7-5-4-6-21(22)14-24(27)18-34-25-11-8-20(9-12-25)29(32)33/h4-16,19,34H,17-18H2,1-3H3,(H3,32,33)(H,35,36). The quantitative estimate of drug-likeness (QED) is 0.120. The third-order valence-corrected chi connectivity index (χ3v) is 6.79. The number of fused-ring (bicyclic) bond motifs is 1. The van der Waals surface area contributed by atoms with Crippen LogP contribution in [0.25, 0.3) is 21.9 Å². The number of carbonyl (C=O) groups excluding carboxylic acids is 2. The molecule has 10 heteroatoms. The van der Waals surface area contributed by atoms with E-state index >= 15 is 0 Å². The summed E-state index contributed by atoms with van der Waals surface area (Å²) in [6.07, 6.45) is 0.798. The Balaban J connectivity index is 1.81. The highest BCUT2D eigenvalue weighted by Crippen LogP contribution is 2.33. The van der Waals surface area contributed by atoms with Gasteiger partial charge in [-0.25, -0.2) is 4.79 Å². The van der Waals surface area contributed by atoms with Gasteiger partial charge in [0.1, 0.15) is 5.84 Å². The number of anilines is 1. The van der Waals surface area contributed by atoms with Gasteiger partial charge in [0.05, 0.1) is 11.8 Å². The predicted octanol–water partition coefficient (Wildman–Crippen LogP) is 4.91. The van der Waals surface area contributed by atoms with Crippen LogP contribution in [0.15, 0.2) is 78.9 Å². The zero-order valence-electron chi connectivity index (χ0n) is 23.0. The van der Waals surface area contributed by atoms with Gasteiger partial charge in [-0.15, -0.1) is 0 Å². The first-order chi connectivity index (χ1) is 19.4. The van der Waals surface area contributed by atoms with Crippen molar-refractivity contribution >= 4 is 44.3 Å². The van der Waals surface area contributed by atoms with Gasteiger partial charge in [0.25, 0.3) is 5.91 Å². The molecule has 0 heterocycles. The minimum atomic E-state index is -4.11. The Hall–Kier alpha value is -4.70. The van der Waals surface area contributed by atoms with E-state index in [4.69, 9.17) is 15.3 Å². The molecule has 0 aromatic heterocycles. The number of amidine groups is 1. The van der Waals surface area contributed by atoms with Gasteiger partial charge in [0.2, 0.25) is 0 Å². The van der Waals surface area contributed by atoms with Crippen LogP contribution < -0.4 is 16.4 Å². The lowest BCUT2D eigenvalue weighted by atomic mass is 9.91. The molecule has 0 aliphatic carbocycles. The van der Waals surface area contributed by atoms with Crippen molar-refractivity contribution in [1.82, 2.24) is 5.32 Å². The molecule has 41 heavy (non-hydrogen) atoms. The van der Waals surface area contributed by atoms with Crippen LogP contribution in [0.4, 0.5) is 5.69 Å². The molecule has 0 aliphatic heterocycles. The van der Waals surface area contributed by atoms with Crippen LogP contribution in [0.2, 0.25) is 0 Å². The predicted molar refractivity (Wildman–Crippen MR) is 162 cm³/mol. The summed E-state index contributed by atoms with van der Waals surface area (Å²) in [5.41, 5.74) is 9.05. The lowest BCUT2D eigenvalue weighted by molar-refractivity contribution is 0.0749. The number of benzene rings is 4. The molecule has 0 atom stereocenters. The van der Waals surface area contributed by atoms with E-state index in [0.29, 0.717) is 29.8 Å². The maximum Gasteiger partial charge on any atom is 0.354 e. The number of nitrogen functional groups attached to an aromatic ring is 1. The second-order valence-electron chi connectivity index (χ2n) is 10.1. The Labute approximate surface area is 239 Å². The molecule has 4 aromatic carbocycles. The molecule has 4 aromatic rings. The van der Waals surface area contributed by atoms with Crippen molar-refractivity contribution in [2.45, 2.75) is 20.4 Å². The summed E-state index contributed by atoms with van der Waals surface area (Å²) in [5.74, 6) is -1.26. The molecule has 0 unspecified atom stereocenters. The minimum Gasteiger partial charge on any atom is -0.384 e. The number of hydrogen-bond acceptors (Lipinski definition) is 7. The van der Waals surface area contributed by atoms with Crippen LogP contribution in [0.3, 0.4) is 0 Å². The molecule has 0 saturated heterocycles. The van der Waals surface area contributed by atoms with Crippen LogP contribution in [0, 0.1) is 11.3 Å². The normalized spacial score (nSPS) is 11.3. The largest absolute Gasteiger partial charge is 0.384 e. The Morgan fingerprint density at radius 1 is 0.902 bits per heavy atom. The molecular weight excluding hydrogens is 540 g/mol. The van der Waals surface area contributed by atoms with E-state index in [1.54, 1.807) is 24.3 Å². The van der Waals surface area contributed by atoms with Gasteiger partial charge in [-0.3, -0.25) is 10.2 Å². The zero-order valence-corrected chi connectivity index (χ0v) is 23.8. The van der Waals surface area contributed by atoms with Gasteiger partial charge in [-0.2, -0.15) is 8.42 Å². The molecular formula is C31H32N4O5S. The Kier molecular flexibility index (Phi) is 8.73. The second kappa shape index (κ2) is 12.2. The van der Waals surface area contributed by atoms with Crippen LogP contribution in [0.1, 0.15) is 45.7 Å². The highest BCUT2D eigenvalue weighted by atomic mass is 32.2. The molecule has 4 rings (SSSR count). The smallest absolute Gasteiger partial charge is 0.354 e. The van der Waals surface area contributed by atoms with E-state index in [-0.39, 0.29) is 28.8 Å². The zero-order chi connectivity index (χ0) is 29.7. The Bertz CT molecular complexity index is 1730. The Morgan fingerprint density at radius 2 is 1.54 bits per heavy atom. The van der Waals surface area contributed by atoms with Crippen LogP contribution in [-0.2, 0) is 20.8 Å². The molecule has 1 amide bonds. The SMILES string of the molecule is CC(C)CNC(=O)c1ccc(-c2cc3ccccc3cc2CNc2ccc(C(=N)N)cc2)c(C(=O)OS(C)(=O)=O)c1. The van der Waals surface area contributed by atoms with Gasteiger partial charge in [0.15, 0.2) is 0 Å². The molecule has 9 nitrogen and oxygen atoms in total. The second-order valence-corrected chi connectivity index (χ2v) is 11.7. The summed E-state index contributed by atoms with van der Waals surface area (Å²) in [5, 5.41) is 15.7. The van der Waals surface area contributed by atoms with Crippen molar-refractivity contribution < 1.29 is 22.2 Å². The summed E-state index contributed by atoms with van der Waals surface area (Å²) in [6, 6.07) is 23.4. The minimum absolute atomic E-state index is 0.0248. The number of nitrogens with two attached hydrogens (primary N) is 1. The van der Waals surface area contributed by atoms with Gasteiger partial charge in [-0.05, 0) is 81.9 Å². The number of hydrogen-bond donors (Lipinski definition) is 4. The Morgan fingerprint density at radius 3 is 2.15 bits per heavy atom. The number of rotatable bonds is 10. The van der Waals surface area contributed by atoms with Crippen LogP contribution in [0.5, 0.6) is 0 Å². The van der Waals surface area contributed by atoms with E-state index in [2.05, 4.69) is 10.6 Å². The molecule has 5 N–H and O–H groups in total. The third kappa shape index (κ3) is 7.49. The van der Waals surface area contributed by atoms with Crippen molar-refractivity contribution in [1.29, 1.82) is 5.41 Å². The van der Waals surface area contributed by atoms with Crippen molar-refractivity contribution in [3.8, 4) is 11.1 Å². The maximum absolute atomic E-state index is 13.2. The molecule has 0 radical (unpaired) electrons. The topological polar surface area (TPSA) is 151 Å². The molecule has 0 spiro atoms. The van der Waals surface area contributed by atoms with Gasteiger partial charge in [0, 0.05) is 29.9 Å². The number of carbonyl (C=O) groups is 2. The lowest BCUT2D eigenvalue weighted by Gasteiger charge is -2.17. The lowest BCUT2D eigenvalue weighted by Crippen LogP contribution is -2.27. The third-order valence-electron chi connectivity index (χ3n) is 6.34. The van der Waals surface area contributed by atoms with Crippen molar-refractivity contribution in [3.63, 3.8) is 0 Å². The highest BCUT2D eigenvalue weighted by molar-refractivity contribution is 7.86. The molecule has 0 fully saturated rings. The summed E-state index contributed by atoms with van der Waals surface area (Å²) in [7, 11) is -4.11. The van der Waals surface area contributed by atoms with E-state index in [1.165, 1.54) is 6.07 Å².